The maximum Gasteiger partial charge on any atom is 0.171 e. The minimum Gasteiger partial charge on any atom is -0.395 e. The highest BCUT2D eigenvalue weighted by Gasteiger charge is 2.05. The number of rotatable bonds is 4. The van der Waals surface area contributed by atoms with E-state index in [0.29, 0.717) is 6.54 Å². The number of aliphatic hydroxyl groups is 1. The summed E-state index contributed by atoms with van der Waals surface area (Å²) in [5.74, 6) is 1.49. The molecule has 2 aromatic rings. The van der Waals surface area contributed by atoms with Gasteiger partial charge in [0.1, 0.15) is 5.82 Å². The van der Waals surface area contributed by atoms with Crippen molar-refractivity contribution in [3.05, 3.63) is 29.3 Å². The Labute approximate surface area is 98.0 Å². The summed E-state index contributed by atoms with van der Waals surface area (Å²) < 4.78 is 0. The van der Waals surface area contributed by atoms with Crippen LogP contribution < -0.4 is 5.32 Å². The number of aliphatic hydroxyl groups excluding tert-OH is 1. The van der Waals surface area contributed by atoms with Crippen LogP contribution in [0.4, 0.5) is 5.82 Å². The molecule has 2 heterocycles. The molecular formula is C11H13N3OS. The zero-order valence-corrected chi connectivity index (χ0v) is 9.79. The van der Waals surface area contributed by atoms with Crippen LogP contribution in [0.5, 0.6) is 0 Å². The van der Waals surface area contributed by atoms with Gasteiger partial charge in [-0.25, -0.2) is 9.97 Å². The van der Waals surface area contributed by atoms with Crippen LogP contribution in [0.15, 0.2) is 23.6 Å². The summed E-state index contributed by atoms with van der Waals surface area (Å²) in [7, 11) is 0. The van der Waals surface area contributed by atoms with Crippen LogP contribution in [0.1, 0.15) is 5.69 Å². The predicted molar refractivity (Wildman–Crippen MR) is 65.7 cm³/mol. The highest BCUT2D eigenvalue weighted by Crippen LogP contribution is 2.22. The van der Waals surface area contributed by atoms with Crippen molar-refractivity contribution in [3.8, 4) is 10.7 Å². The van der Waals surface area contributed by atoms with Crippen molar-refractivity contribution >= 4 is 17.2 Å². The van der Waals surface area contributed by atoms with E-state index in [9.17, 15) is 0 Å². The van der Waals surface area contributed by atoms with Crippen LogP contribution in [-0.2, 0) is 0 Å². The second-order valence-corrected chi connectivity index (χ2v) is 4.29. The van der Waals surface area contributed by atoms with Crippen LogP contribution >= 0.6 is 11.3 Å². The molecule has 2 aromatic heterocycles. The van der Waals surface area contributed by atoms with E-state index in [1.54, 1.807) is 11.3 Å². The van der Waals surface area contributed by atoms with E-state index in [-0.39, 0.29) is 6.61 Å². The Bertz CT molecular complexity index is 456. The van der Waals surface area contributed by atoms with E-state index < -0.39 is 0 Å². The van der Waals surface area contributed by atoms with Gasteiger partial charge in [-0.15, -0.1) is 11.3 Å². The maximum absolute atomic E-state index is 8.75. The Morgan fingerprint density at radius 3 is 3.00 bits per heavy atom. The van der Waals surface area contributed by atoms with E-state index in [0.717, 1.165) is 22.2 Å². The smallest absolute Gasteiger partial charge is 0.171 e. The van der Waals surface area contributed by atoms with Crippen LogP contribution in [0.2, 0.25) is 0 Å². The number of thiophene rings is 1. The second-order valence-electron chi connectivity index (χ2n) is 3.35. The SMILES string of the molecule is Cc1cc(NCCO)nc(-c2cccs2)n1. The summed E-state index contributed by atoms with van der Waals surface area (Å²) in [5.41, 5.74) is 0.916. The van der Waals surface area contributed by atoms with Gasteiger partial charge in [0.05, 0.1) is 11.5 Å². The molecule has 0 saturated heterocycles. The molecule has 0 fully saturated rings. The van der Waals surface area contributed by atoms with E-state index in [1.165, 1.54) is 0 Å². The van der Waals surface area contributed by atoms with Crippen LogP contribution in [0.25, 0.3) is 10.7 Å². The summed E-state index contributed by atoms with van der Waals surface area (Å²) >= 11 is 1.62. The van der Waals surface area contributed by atoms with Gasteiger partial charge in [0.25, 0.3) is 0 Å². The van der Waals surface area contributed by atoms with Gasteiger partial charge in [-0.2, -0.15) is 0 Å². The third-order valence-electron chi connectivity index (χ3n) is 2.01. The zero-order chi connectivity index (χ0) is 11.4. The number of nitrogens with zero attached hydrogens (tertiary/aromatic N) is 2. The molecule has 2 rings (SSSR count). The van der Waals surface area contributed by atoms with Crippen molar-refractivity contribution in [2.24, 2.45) is 0 Å². The van der Waals surface area contributed by atoms with Gasteiger partial charge in [0.2, 0.25) is 0 Å². The molecule has 0 unspecified atom stereocenters. The second kappa shape index (κ2) is 5.05. The Morgan fingerprint density at radius 1 is 1.44 bits per heavy atom. The van der Waals surface area contributed by atoms with Crippen molar-refractivity contribution in [1.82, 2.24) is 9.97 Å². The van der Waals surface area contributed by atoms with E-state index >= 15 is 0 Å². The summed E-state index contributed by atoms with van der Waals surface area (Å²) in [4.78, 5) is 9.82. The molecule has 16 heavy (non-hydrogen) atoms. The fourth-order valence-corrected chi connectivity index (χ4v) is 2.02. The third-order valence-corrected chi connectivity index (χ3v) is 2.88. The van der Waals surface area contributed by atoms with Gasteiger partial charge in [-0.1, -0.05) is 6.07 Å². The minimum absolute atomic E-state index is 0.0946. The van der Waals surface area contributed by atoms with Gasteiger partial charge in [0, 0.05) is 18.3 Å². The van der Waals surface area contributed by atoms with Crippen LogP contribution in [0, 0.1) is 6.92 Å². The first-order valence-corrected chi connectivity index (χ1v) is 5.92. The van der Waals surface area contributed by atoms with Gasteiger partial charge in [-0.05, 0) is 18.4 Å². The van der Waals surface area contributed by atoms with Crippen molar-refractivity contribution in [3.63, 3.8) is 0 Å². The average molecular weight is 235 g/mol. The Morgan fingerprint density at radius 2 is 2.31 bits per heavy atom. The van der Waals surface area contributed by atoms with Gasteiger partial charge in [-0.3, -0.25) is 0 Å². The van der Waals surface area contributed by atoms with E-state index in [1.807, 2.05) is 30.5 Å². The van der Waals surface area contributed by atoms with Crippen molar-refractivity contribution in [1.29, 1.82) is 0 Å². The monoisotopic (exact) mass is 235 g/mol. The largest absolute Gasteiger partial charge is 0.395 e. The number of nitrogens with one attached hydrogen (secondary N) is 1. The molecule has 2 N–H and O–H groups in total. The molecule has 0 spiro atoms. The first-order chi connectivity index (χ1) is 7.79. The van der Waals surface area contributed by atoms with Crippen LogP contribution in [0.3, 0.4) is 0 Å². The summed E-state index contributed by atoms with van der Waals surface area (Å²) in [6.07, 6.45) is 0. The minimum atomic E-state index is 0.0946. The van der Waals surface area contributed by atoms with E-state index in [4.69, 9.17) is 5.11 Å². The number of hydrogen-bond acceptors (Lipinski definition) is 5. The third kappa shape index (κ3) is 2.56. The molecule has 5 heteroatoms. The number of anilines is 1. The fourth-order valence-electron chi connectivity index (χ4n) is 1.36. The summed E-state index contributed by atoms with van der Waals surface area (Å²) in [6, 6.07) is 5.84. The standard InChI is InChI=1S/C11H13N3OS/c1-8-7-10(12-4-5-15)14-11(13-8)9-3-2-6-16-9/h2-3,6-7,15H,4-5H2,1H3,(H,12,13,14). The normalized spacial score (nSPS) is 10.4. The predicted octanol–water partition coefficient (Wildman–Crippen LogP) is 1.92. The Balaban J connectivity index is 2.29. The van der Waals surface area contributed by atoms with Gasteiger partial charge < -0.3 is 10.4 Å². The fraction of sp³-hybridized carbons (Fsp3) is 0.273. The molecule has 0 saturated carbocycles. The van der Waals surface area contributed by atoms with Crippen LogP contribution in [-0.4, -0.2) is 28.2 Å². The lowest BCUT2D eigenvalue weighted by molar-refractivity contribution is 0.311. The van der Waals surface area contributed by atoms with Crippen molar-refractivity contribution < 1.29 is 5.11 Å². The molecule has 0 aliphatic carbocycles. The van der Waals surface area contributed by atoms with Crippen molar-refractivity contribution in [2.75, 3.05) is 18.5 Å². The number of aryl methyl sites for hydroxylation is 1. The molecule has 0 atom stereocenters. The quantitative estimate of drug-likeness (QED) is 0.850. The first kappa shape index (κ1) is 11.0. The molecule has 0 radical (unpaired) electrons. The van der Waals surface area contributed by atoms with Crippen molar-refractivity contribution in [2.45, 2.75) is 6.92 Å². The molecule has 4 nitrogen and oxygen atoms in total. The zero-order valence-electron chi connectivity index (χ0n) is 8.97. The number of aromatic nitrogens is 2. The Hall–Kier alpha value is -1.46. The number of hydrogen-bond donors (Lipinski definition) is 2. The summed E-state index contributed by atoms with van der Waals surface area (Å²) in [5, 5.41) is 13.8. The lowest BCUT2D eigenvalue weighted by Gasteiger charge is -2.06. The lowest BCUT2D eigenvalue weighted by atomic mass is 10.3. The molecule has 84 valence electrons. The van der Waals surface area contributed by atoms with Gasteiger partial charge in [0.15, 0.2) is 5.82 Å². The Kier molecular flexibility index (Phi) is 3.48. The first-order valence-electron chi connectivity index (χ1n) is 5.04. The molecular weight excluding hydrogens is 222 g/mol. The molecule has 0 amide bonds. The average Bonchev–Trinajstić information content (AvgIpc) is 2.79. The molecule has 0 bridgehead atoms. The lowest BCUT2D eigenvalue weighted by Crippen LogP contribution is -2.08. The van der Waals surface area contributed by atoms with Gasteiger partial charge >= 0.3 is 0 Å². The topological polar surface area (TPSA) is 58.0 Å². The van der Waals surface area contributed by atoms with E-state index in [2.05, 4.69) is 15.3 Å². The highest BCUT2D eigenvalue weighted by molar-refractivity contribution is 7.13. The highest BCUT2D eigenvalue weighted by atomic mass is 32.1. The maximum atomic E-state index is 8.75. The molecule has 0 aliphatic rings. The molecule has 0 aliphatic heterocycles. The molecule has 0 aromatic carbocycles. The summed E-state index contributed by atoms with van der Waals surface area (Å²) in [6.45, 7) is 2.53.